The van der Waals surface area contributed by atoms with Crippen LogP contribution in [-0.4, -0.2) is 37.8 Å². The molecule has 2 amide bonds. The Morgan fingerprint density at radius 1 is 1.23 bits per heavy atom. The van der Waals surface area contributed by atoms with E-state index < -0.39 is 5.92 Å². The van der Waals surface area contributed by atoms with Crippen molar-refractivity contribution in [2.45, 2.75) is 27.2 Å². The molecule has 0 bridgehead atoms. The van der Waals surface area contributed by atoms with E-state index in [1.807, 2.05) is 51.1 Å². The largest absolute Gasteiger partial charge is 0.490 e. The molecule has 1 heterocycles. The van der Waals surface area contributed by atoms with E-state index in [1.165, 1.54) is 6.21 Å². The number of nitrogens with zero attached hydrogens (tertiary/aromatic N) is 2. The monoisotopic (exact) mass is 487 g/mol. The number of nitrogens with one attached hydrogen (secondary N) is 1. The fourth-order valence-corrected chi connectivity index (χ4v) is 3.90. The smallest absolute Gasteiger partial charge is 0.245 e. The second-order valence-corrected chi connectivity index (χ2v) is 8.03. The van der Waals surface area contributed by atoms with Crippen LogP contribution in [0.1, 0.15) is 31.4 Å². The number of anilines is 1. The average molecular weight is 488 g/mol. The molecule has 1 atom stereocenters. The zero-order valence-corrected chi connectivity index (χ0v) is 19.4. The van der Waals surface area contributed by atoms with Crippen LogP contribution in [0.3, 0.4) is 0 Å². The number of hydrogen-bond acceptors (Lipinski definition) is 5. The number of amides is 2. The first-order valence-corrected chi connectivity index (χ1v) is 11.0. The maximum Gasteiger partial charge on any atom is 0.245 e. The summed E-state index contributed by atoms with van der Waals surface area (Å²) in [4.78, 5) is 26.5. The highest BCUT2D eigenvalue weighted by molar-refractivity contribution is 9.10. The second kappa shape index (κ2) is 10.4. The van der Waals surface area contributed by atoms with Crippen LogP contribution < -0.4 is 19.8 Å². The van der Waals surface area contributed by atoms with E-state index in [2.05, 4.69) is 26.5 Å². The molecular formula is C23H26BrN3O4. The first-order chi connectivity index (χ1) is 14.9. The molecule has 164 valence electrons. The lowest BCUT2D eigenvalue weighted by Gasteiger charge is -2.16. The predicted molar refractivity (Wildman–Crippen MR) is 124 cm³/mol. The van der Waals surface area contributed by atoms with E-state index in [9.17, 15) is 9.59 Å². The summed E-state index contributed by atoms with van der Waals surface area (Å²) >= 11 is 3.49. The van der Waals surface area contributed by atoms with Gasteiger partial charge in [0, 0.05) is 18.7 Å². The van der Waals surface area contributed by atoms with E-state index in [0.29, 0.717) is 31.3 Å². The maximum atomic E-state index is 12.5. The van der Waals surface area contributed by atoms with Gasteiger partial charge in [-0.1, -0.05) is 17.7 Å². The van der Waals surface area contributed by atoms with Crippen LogP contribution in [0, 0.1) is 12.8 Å². The Bertz CT molecular complexity index is 976. The minimum atomic E-state index is -0.447. The minimum Gasteiger partial charge on any atom is -0.490 e. The highest BCUT2D eigenvalue weighted by Gasteiger charge is 2.35. The number of ether oxygens (including phenoxy) is 2. The van der Waals surface area contributed by atoms with Crippen molar-refractivity contribution >= 4 is 39.6 Å². The first-order valence-electron chi connectivity index (χ1n) is 10.2. The van der Waals surface area contributed by atoms with Crippen LogP contribution in [-0.2, 0) is 9.59 Å². The highest BCUT2D eigenvalue weighted by atomic mass is 79.9. The molecule has 1 N–H and O–H groups in total. The topological polar surface area (TPSA) is 80.2 Å². The summed E-state index contributed by atoms with van der Waals surface area (Å²) < 4.78 is 12.0. The normalized spacial score (nSPS) is 16.1. The molecule has 0 aliphatic carbocycles. The van der Waals surface area contributed by atoms with Crippen molar-refractivity contribution in [3.8, 4) is 11.5 Å². The van der Waals surface area contributed by atoms with Crippen molar-refractivity contribution in [1.29, 1.82) is 0 Å². The zero-order chi connectivity index (χ0) is 22.4. The predicted octanol–water partition coefficient (Wildman–Crippen LogP) is 4.06. The number of benzene rings is 2. The van der Waals surface area contributed by atoms with E-state index in [4.69, 9.17) is 9.47 Å². The van der Waals surface area contributed by atoms with Gasteiger partial charge in [-0.3, -0.25) is 9.59 Å². The van der Waals surface area contributed by atoms with Gasteiger partial charge >= 0.3 is 0 Å². The molecule has 8 heteroatoms. The number of aryl methyl sites for hydroxylation is 1. The Balaban J connectivity index is 1.64. The fraction of sp³-hybridized carbons (Fsp3) is 0.348. The van der Waals surface area contributed by atoms with Crippen molar-refractivity contribution in [2.75, 3.05) is 24.7 Å². The molecule has 2 aromatic rings. The fourth-order valence-electron chi connectivity index (χ4n) is 3.33. The summed E-state index contributed by atoms with van der Waals surface area (Å²) in [6.07, 6.45) is 1.70. The van der Waals surface area contributed by atoms with Crippen molar-refractivity contribution in [3.05, 3.63) is 52.0 Å². The highest BCUT2D eigenvalue weighted by Crippen LogP contribution is 2.36. The molecule has 0 radical (unpaired) electrons. The second-order valence-electron chi connectivity index (χ2n) is 7.17. The molecular weight excluding hydrogens is 462 g/mol. The van der Waals surface area contributed by atoms with Gasteiger partial charge in [0.05, 0.1) is 29.8 Å². The van der Waals surface area contributed by atoms with Gasteiger partial charge in [-0.15, -0.1) is 0 Å². The lowest BCUT2D eigenvalue weighted by Crippen LogP contribution is -2.30. The zero-order valence-electron chi connectivity index (χ0n) is 17.9. The Hall–Kier alpha value is -2.87. The number of hydrogen-bond donors (Lipinski definition) is 1. The van der Waals surface area contributed by atoms with Crippen LogP contribution in [0.25, 0.3) is 0 Å². The molecule has 31 heavy (non-hydrogen) atoms. The number of rotatable bonds is 8. The van der Waals surface area contributed by atoms with Crippen molar-refractivity contribution in [1.82, 2.24) is 5.43 Å². The number of hydrazone groups is 1. The van der Waals surface area contributed by atoms with Gasteiger partial charge in [-0.25, -0.2) is 5.43 Å². The van der Waals surface area contributed by atoms with Crippen LogP contribution in [0.5, 0.6) is 11.5 Å². The first kappa shape index (κ1) is 22.8. The third-order valence-electron chi connectivity index (χ3n) is 4.85. The van der Waals surface area contributed by atoms with Crippen LogP contribution in [0.15, 0.2) is 46.0 Å². The standard InChI is InChI=1S/C23H26BrN3O4/c1-4-30-20-11-16(10-19(24)22(20)31-5-2)13-25-26-23(29)17-12-21(28)27(14-17)18-8-6-15(3)7-9-18/h6-11,13,17H,4-5,12,14H2,1-3H3,(H,26,29)/b25-13+/t17-/m0/s1. The third-order valence-corrected chi connectivity index (χ3v) is 5.44. The molecule has 1 aliphatic heterocycles. The summed E-state index contributed by atoms with van der Waals surface area (Å²) in [6.45, 7) is 7.14. The molecule has 1 aliphatic rings. The summed E-state index contributed by atoms with van der Waals surface area (Å²) in [5, 5.41) is 4.07. The molecule has 0 aromatic heterocycles. The molecule has 1 saturated heterocycles. The van der Waals surface area contributed by atoms with Gasteiger partial charge < -0.3 is 14.4 Å². The Morgan fingerprint density at radius 3 is 2.61 bits per heavy atom. The SMILES string of the molecule is CCOc1cc(/C=N/NC(=O)[C@H]2CC(=O)N(c3ccc(C)cc3)C2)cc(Br)c1OCC. The van der Waals surface area contributed by atoms with Crippen LogP contribution in [0.4, 0.5) is 5.69 Å². The third kappa shape index (κ3) is 5.64. The minimum absolute atomic E-state index is 0.0650. The van der Waals surface area contributed by atoms with Crippen LogP contribution >= 0.6 is 15.9 Å². The average Bonchev–Trinajstić information content (AvgIpc) is 3.13. The number of carbonyl (C=O) groups excluding carboxylic acids is 2. The van der Waals surface area contributed by atoms with E-state index >= 15 is 0 Å². The van der Waals surface area contributed by atoms with Gasteiger partial charge in [-0.2, -0.15) is 5.10 Å². The number of halogens is 1. The summed E-state index contributed by atoms with van der Waals surface area (Å²) in [6, 6.07) is 11.3. The van der Waals surface area contributed by atoms with E-state index in [1.54, 1.807) is 11.0 Å². The van der Waals surface area contributed by atoms with Gasteiger partial charge in [0.15, 0.2) is 11.5 Å². The van der Waals surface area contributed by atoms with Crippen molar-refractivity contribution < 1.29 is 19.1 Å². The quantitative estimate of drug-likeness (QED) is 0.449. The lowest BCUT2D eigenvalue weighted by molar-refractivity contribution is -0.126. The Kier molecular flexibility index (Phi) is 7.68. The summed E-state index contributed by atoms with van der Waals surface area (Å²) in [5.41, 5.74) is 5.21. The summed E-state index contributed by atoms with van der Waals surface area (Å²) in [7, 11) is 0. The van der Waals surface area contributed by atoms with Gasteiger partial charge in [0.2, 0.25) is 11.8 Å². The molecule has 0 saturated carbocycles. The van der Waals surface area contributed by atoms with Crippen molar-refractivity contribution in [2.24, 2.45) is 11.0 Å². The lowest BCUT2D eigenvalue weighted by atomic mass is 10.1. The molecule has 0 unspecified atom stereocenters. The maximum absolute atomic E-state index is 12.5. The Morgan fingerprint density at radius 2 is 1.94 bits per heavy atom. The van der Waals surface area contributed by atoms with Gasteiger partial charge in [0.1, 0.15) is 0 Å². The Labute approximate surface area is 190 Å². The summed E-state index contributed by atoms with van der Waals surface area (Å²) in [5.74, 6) is 0.434. The molecule has 0 spiro atoms. The molecule has 1 fully saturated rings. The molecule has 7 nitrogen and oxygen atoms in total. The van der Waals surface area contributed by atoms with Crippen LogP contribution in [0.2, 0.25) is 0 Å². The van der Waals surface area contributed by atoms with Gasteiger partial charge in [-0.05, 0) is 66.5 Å². The van der Waals surface area contributed by atoms with E-state index in [-0.39, 0.29) is 18.2 Å². The van der Waals surface area contributed by atoms with E-state index in [0.717, 1.165) is 21.3 Å². The van der Waals surface area contributed by atoms with Crippen molar-refractivity contribution in [3.63, 3.8) is 0 Å². The molecule has 2 aromatic carbocycles. The van der Waals surface area contributed by atoms with Gasteiger partial charge in [0.25, 0.3) is 0 Å². The number of carbonyl (C=O) groups is 2. The molecule has 3 rings (SSSR count).